The fourth-order valence-corrected chi connectivity index (χ4v) is 3.49. The van der Waals surface area contributed by atoms with Gasteiger partial charge in [-0.2, -0.15) is 0 Å². The highest BCUT2D eigenvalue weighted by molar-refractivity contribution is 8.18. The fraction of sp³-hybridized carbons (Fsp3) is 0.0435. The lowest BCUT2D eigenvalue weighted by Gasteiger charge is -2.06. The van der Waals surface area contributed by atoms with Crippen LogP contribution in [0.2, 0.25) is 0 Å². The largest absolute Gasteiger partial charge is 0.489 e. The maximum absolute atomic E-state index is 12.2. The number of hydrogen-bond donors (Lipinski definition) is 1. The van der Waals surface area contributed by atoms with Crippen molar-refractivity contribution in [1.82, 2.24) is 5.32 Å². The molecule has 4 nitrogen and oxygen atoms in total. The van der Waals surface area contributed by atoms with Gasteiger partial charge in [-0.05, 0) is 53.2 Å². The van der Waals surface area contributed by atoms with Crippen molar-refractivity contribution >= 4 is 34.6 Å². The number of nitrogens with one attached hydrogen (secondary N) is 1. The summed E-state index contributed by atoms with van der Waals surface area (Å²) in [5.41, 5.74) is 2.87. The summed E-state index contributed by atoms with van der Waals surface area (Å²) in [6.45, 7) is 0.527. The molecule has 3 aromatic carbocycles. The molecule has 5 heteroatoms. The van der Waals surface area contributed by atoms with Crippen LogP contribution in [0, 0.1) is 0 Å². The molecular formula is C23H18N2O2S. The molecule has 0 atom stereocenters. The summed E-state index contributed by atoms with van der Waals surface area (Å²) in [6.07, 6.45) is 1.86. The van der Waals surface area contributed by atoms with Crippen molar-refractivity contribution in [2.24, 2.45) is 4.99 Å². The second-order valence-corrected chi connectivity index (χ2v) is 7.19. The number of thioether (sulfide) groups is 1. The number of amides is 1. The van der Waals surface area contributed by atoms with Crippen molar-refractivity contribution < 1.29 is 9.53 Å². The minimum Gasteiger partial charge on any atom is -0.489 e. The Kier molecular flexibility index (Phi) is 5.54. The van der Waals surface area contributed by atoms with Crippen LogP contribution >= 0.6 is 11.8 Å². The van der Waals surface area contributed by atoms with Gasteiger partial charge in [0.1, 0.15) is 12.4 Å². The molecule has 0 saturated carbocycles. The van der Waals surface area contributed by atoms with Gasteiger partial charge in [0.2, 0.25) is 0 Å². The van der Waals surface area contributed by atoms with E-state index in [9.17, 15) is 4.79 Å². The number of rotatable bonds is 5. The lowest BCUT2D eigenvalue weighted by atomic mass is 10.2. The highest BCUT2D eigenvalue weighted by atomic mass is 32.2. The number of para-hydroxylation sites is 1. The van der Waals surface area contributed by atoms with E-state index in [0.29, 0.717) is 16.7 Å². The molecule has 0 aromatic heterocycles. The second-order valence-electron chi connectivity index (χ2n) is 6.16. The van der Waals surface area contributed by atoms with Gasteiger partial charge in [0.05, 0.1) is 10.6 Å². The number of carbonyl (C=O) groups is 1. The topological polar surface area (TPSA) is 50.7 Å². The molecule has 0 bridgehead atoms. The second kappa shape index (κ2) is 8.59. The van der Waals surface area contributed by atoms with Crippen LogP contribution < -0.4 is 10.1 Å². The molecular weight excluding hydrogens is 368 g/mol. The van der Waals surface area contributed by atoms with Crippen LogP contribution in [-0.4, -0.2) is 11.1 Å². The van der Waals surface area contributed by atoms with Gasteiger partial charge in [0.15, 0.2) is 5.17 Å². The zero-order valence-electron chi connectivity index (χ0n) is 15.0. The SMILES string of the molecule is O=C1NC(=Nc2ccccc2)S/C1=C\c1ccc(OCc2ccccc2)cc1. The predicted molar refractivity (Wildman–Crippen MR) is 114 cm³/mol. The highest BCUT2D eigenvalue weighted by Gasteiger charge is 2.23. The van der Waals surface area contributed by atoms with E-state index >= 15 is 0 Å². The maximum atomic E-state index is 12.2. The van der Waals surface area contributed by atoms with Crippen LogP contribution in [0.4, 0.5) is 5.69 Å². The van der Waals surface area contributed by atoms with Crippen molar-refractivity contribution in [2.45, 2.75) is 6.61 Å². The van der Waals surface area contributed by atoms with Gasteiger partial charge in [-0.25, -0.2) is 4.99 Å². The molecule has 3 aromatic rings. The Morgan fingerprint density at radius 3 is 2.29 bits per heavy atom. The molecule has 4 rings (SSSR count). The first-order valence-electron chi connectivity index (χ1n) is 8.88. The molecule has 1 saturated heterocycles. The normalized spacial score (nSPS) is 16.4. The van der Waals surface area contributed by atoms with E-state index in [4.69, 9.17) is 4.74 Å². The molecule has 1 N–H and O–H groups in total. The summed E-state index contributed by atoms with van der Waals surface area (Å²) >= 11 is 1.34. The van der Waals surface area contributed by atoms with E-state index in [-0.39, 0.29) is 5.91 Å². The van der Waals surface area contributed by atoms with Gasteiger partial charge in [-0.1, -0.05) is 60.7 Å². The van der Waals surface area contributed by atoms with E-state index in [1.807, 2.05) is 91.0 Å². The first-order valence-corrected chi connectivity index (χ1v) is 9.69. The summed E-state index contributed by atoms with van der Waals surface area (Å²) in [6, 6.07) is 27.3. The zero-order chi connectivity index (χ0) is 19.2. The number of benzene rings is 3. The summed E-state index contributed by atoms with van der Waals surface area (Å²) in [5, 5.41) is 3.39. The Hall–Kier alpha value is -3.31. The number of nitrogens with zero attached hydrogens (tertiary/aromatic N) is 1. The van der Waals surface area contributed by atoms with Crippen molar-refractivity contribution in [3.63, 3.8) is 0 Å². The summed E-state index contributed by atoms with van der Waals surface area (Å²) in [4.78, 5) is 17.3. The van der Waals surface area contributed by atoms with E-state index < -0.39 is 0 Å². The lowest BCUT2D eigenvalue weighted by molar-refractivity contribution is -0.115. The minimum absolute atomic E-state index is 0.135. The van der Waals surface area contributed by atoms with E-state index in [2.05, 4.69) is 10.3 Å². The third kappa shape index (κ3) is 4.69. The van der Waals surface area contributed by atoms with Crippen LogP contribution in [0.1, 0.15) is 11.1 Å². The molecule has 0 unspecified atom stereocenters. The molecule has 0 spiro atoms. The molecule has 28 heavy (non-hydrogen) atoms. The Balaban J connectivity index is 1.41. The van der Waals surface area contributed by atoms with Gasteiger partial charge < -0.3 is 10.1 Å². The fourth-order valence-electron chi connectivity index (χ4n) is 2.65. The van der Waals surface area contributed by atoms with Gasteiger partial charge in [-0.15, -0.1) is 0 Å². The van der Waals surface area contributed by atoms with Crippen molar-refractivity contribution in [2.75, 3.05) is 0 Å². The van der Waals surface area contributed by atoms with Crippen molar-refractivity contribution in [3.8, 4) is 5.75 Å². The molecule has 138 valence electrons. The Morgan fingerprint density at radius 2 is 1.57 bits per heavy atom. The molecule has 0 radical (unpaired) electrons. The van der Waals surface area contributed by atoms with Gasteiger partial charge in [0, 0.05) is 0 Å². The van der Waals surface area contributed by atoms with Gasteiger partial charge in [-0.3, -0.25) is 4.79 Å². The molecule has 0 aliphatic carbocycles. The number of ether oxygens (including phenoxy) is 1. The van der Waals surface area contributed by atoms with Gasteiger partial charge in [0.25, 0.3) is 5.91 Å². The molecule has 1 amide bonds. The zero-order valence-corrected chi connectivity index (χ0v) is 15.9. The van der Waals surface area contributed by atoms with Crippen molar-refractivity contribution in [1.29, 1.82) is 0 Å². The summed E-state index contributed by atoms with van der Waals surface area (Å²) < 4.78 is 5.80. The number of aliphatic imine (C=N–C) groups is 1. The molecule has 1 fully saturated rings. The van der Waals surface area contributed by atoms with Crippen LogP contribution in [-0.2, 0) is 11.4 Å². The lowest BCUT2D eigenvalue weighted by Crippen LogP contribution is -2.19. The van der Waals surface area contributed by atoms with Crippen molar-refractivity contribution in [3.05, 3.63) is 101 Å². The third-order valence-corrected chi connectivity index (χ3v) is 4.97. The average Bonchev–Trinajstić information content (AvgIpc) is 3.07. The monoisotopic (exact) mass is 386 g/mol. The van der Waals surface area contributed by atoms with Crippen LogP contribution in [0.5, 0.6) is 5.75 Å². The van der Waals surface area contributed by atoms with Crippen LogP contribution in [0.25, 0.3) is 6.08 Å². The molecule has 1 aliphatic heterocycles. The van der Waals surface area contributed by atoms with E-state index in [1.54, 1.807) is 0 Å². The number of hydrogen-bond acceptors (Lipinski definition) is 4. The first-order chi connectivity index (χ1) is 13.8. The summed E-state index contributed by atoms with van der Waals surface area (Å²) in [5.74, 6) is 0.657. The number of carbonyl (C=O) groups excluding carboxylic acids is 1. The standard InChI is InChI=1S/C23H18N2O2S/c26-22-21(28-23(25-22)24-19-9-5-2-6-10-19)15-17-11-13-20(14-12-17)27-16-18-7-3-1-4-8-18/h1-15H,16H2,(H,24,25,26)/b21-15-. The summed E-state index contributed by atoms with van der Waals surface area (Å²) in [7, 11) is 0. The highest BCUT2D eigenvalue weighted by Crippen LogP contribution is 2.28. The average molecular weight is 386 g/mol. The number of amidine groups is 1. The van der Waals surface area contributed by atoms with Crippen LogP contribution in [0.15, 0.2) is 94.8 Å². The van der Waals surface area contributed by atoms with E-state index in [0.717, 1.165) is 22.6 Å². The quantitative estimate of drug-likeness (QED) is 0.617. The molecule has 1 aliphatic rings. The Labute approximate surface area is 168 Å². The molecule has 1 heterocycles. The Morgan fingerprint density at radius 1 is 0.893 bits per heavy atom. The predicted octanol–water partition coefficient (Wildman–Crippen LogP) is 5.16. The minimum atomic E-state index is -0.135. The smallest absolute Gasteiger partial charge is 0.264 e. The first kappa shape index (κ1) is 18.1. The van der Waals surface area contributed by atoms with Gasteiger partial charge >= 0.3 is 0 Å². The Bertz CT molecular complexity index is 1010. The van der Waals surface area contributed by atoms with E-state index in [1.165, 1.54) is 11.8 Å². The third-order valence-electron chi connectivity index (χ3n) is 4.06. The maximum Gasteiger partial charge on any atom is 0.264 e. The van der Waals surface area contributed by atoms with Crippen LogP contribution in [0.3, 0.4) is 0 Å².